The summed E-state index contributed by atoms with van der Waals surface area (Å²) in [7, 11) is 0. The van der Waals surface area contributed by atoms with Crippen molar-refractivity contribution in [1.82, 2.24) is 9.55 Å². The highest BCUT2D eigenvalue weighted by Crippen LogP contribution is 2.33. The van der Waals surface area contributed by atoms with E-state index in [9.17, 15) is 19.2 Å². The molecule has 1 unspecified atom stereocenters. The van der Waals surface area contributed by atoms with Crippen LogP contribution in [0.2, 0.25) is 10.0 Å². The first-order valence-electron chi connectivity index (χ1n) is 10.9. The highest BCUT2D eigenvalue weighted by atomic mass is 35.5. The molecule has 0 spiro atoms. The monoisotopic (exact) mass is 512 g/mol. The van der Waals surface area contributed by atoms with Gasteiger partial charge in [0.25, 0.3) is 5.56 Å². The number of hydrogen-bond donors (Lipinski definition) is 1. The Morgan fingerprint density at radius 1 is 1.29 bits per heavy atom. The molecule has 4 atom stereocenters. The van der Waals surface area contributed by atoms with E-state index in [1.165, 1.54) is 23.8 Å². The third kappa shape index (κ3) is 6.28. The lowest BCUT2D eigenvalue weighted by Gasteiger charge is -2.19. The zero-order chi connectivity index (χ0) is 25.0. The van der Waals surface area contributed by atoms with E-state index in [1.807, 2.05) is 0 Å². The molecule has 1 aliphatic rings. The fourth-order valence-corrected chi connectivity index (χ4v) is 4.23. The van der Waals surface area contributed by atoms with Gasteiger partial charge >= 0.3 is 11.7 Å². The van der Waals surface area contributed by atoms with Crippen LogP contribution in [0.4, 0.5) is 0 Å². The van der Waals surface area contributed by atoms with Crippen LogP contribution in [-0.2, 0) is 25.5 Å². The summed E-state index contributed by atoms with van der Waals surface area (Å²) in [5.74, 6) is -0.358. The second-order valence-electron chi connectivity index (χ2n) is 8.03. The molecule has 3 rings (SSSR count). The Hall–Kier alpha value is -2.62. The molecule has 1 aromatic heterocycles. The van der Waals surface area contributed by atoms with E-state index in [4.69, 9.17) is 37.4 Å². The Morgan fingerprint density at radius 3 is 2.68 bits per heavy atom. The molecule has 2 aromatic rings. The number of halogens is 2. The van der Waals surface area contributed by atoms with Crippen LogP contribution in [0.15, 0.2) is 34.0 Å². The van der Waals surface area contributed by atoms with Crippen molar-refractivity contribution in [2.24, 2.45) is 0 Å². The van der Waals surface area contributed by atoms with Gasteiger partial charge in [-0.05, 0) is 38.0 Å². The van der Waals surface area contributed by atoms with Gasteiger partial charge in [-0.15, -0.1) is 0 Å². The first-order valence-corrected chi connectivity index (χ1v) is 11.7. The number of hydrogen-bond acceptors (Lipinski definition) is 7. The number of carbonyl (C=O) groups is 2. The van der Waals surface area contributed by atoms with Crippen LogP contribution in [-0.4, -0.2) is 39.6 Å². The van der Waals surface area contributed by atoms with Gasteiger partial charge in [-0.2, -0.15) is 0 Å². The van der Waals surface area contributed by atoms with Gasteiger partial charge in [0, 0.05) is 36.5 Å². The number of carbonyl (C=O) groups excluding carboxylic acids is 2. The minimum atomic E-state index is -0.781. The van der Waals surface area contributed by atoms with Gasteiger partial charge in [0.05, 0.1) is 11.1 Å². The molecule has 0 saturated carbocycles. The highest BCUT2D eigenvalue weighted by Gasteiger charge is 2.39. The number of aromatic nitrogens is 2. The van der Waals surface area contributed by atoms with Crippen LogP contribution in [0, 0.1) is 0 Å². The smallest absolute Gasteiger partial charge is 0.330 e. The number of aromatic amines is 1. The van der Waals surface area contributed by atoms with Gasteiger partial charge in [0.2, 0.25) is 0 Å². The van der Waals surface area contributed by atoms with Gasteiger partial charge in [0.15, 0.2) is 11.9 Å². The van der Waals surface area contributed by atoms with Gasteiger partial charge < -0.3 is 14.2 Å². The summed E-state index contributed by atoms with van der Waals surface area (Å²) >= 11 is 12.0. The van der Waals surface area contributed by atoms with Crippen molar-refractivity contribution < 1.29 is 23.8 Å². The zero-order valence-corrected chi connectivity index (χ0v) is 20.5. The average molecular weight is 513 g/mol. The van der Waals surface area contributed by atoms with Crippen molar-refractivity contribution in [3.05, 3.63) is 60.8 Å². The van der Waals surface area contributed by atoms with E-state index < -0.39 is 41.8 Å². The molecule has 0 amide bonds. The SMILES string of the molecule is CCc1cn([C@@H]2CC(OC(C)=O)[C@H](CCC(=O)[C@H](C)Oc3ccc(Cl)cc3Cl)O2)c(=O)[nH]c1=O. The molecule has 1 fully saturated rings. The normalized spacial score (nSPS) is 20.7. The lowest BCUT2D eigenvalue weighted by molar-refractivity contribution is -0.149. The molecule has 1 aliphatic heterocycles. The maximum absolute atomic E-state index is 12.7. The largest absolute Gasteiger partial charge is 0.481 e. The second kappa shape index (κ2) is 11.2. The number of ketones is 1. The van der Waals surface area contributed by atoms with Gasteiger partial charge in [0.1, 0.15) is 18.1 Å². The van der Waals surface area contributed by atoms with Crippen molar-refractivity contribution in [3.8, 4) is 5.75 Å². The molecule has 1 aromatic carbocycles. The molecule has 1 saturated heterocycles. The summed E-state index contributed by atoms with van der Waals surface area (Å²) in [6.45, 7) is 4.69. The summed E-state index contributed by atoms with van der Waals surface area (Å²) in [6.07, 6.45) is -0.373. The van der Waals surface area contributed by atoms with Gasteiger partial charge in [-0.25, -0.2) is 4.79 Å². The molecule has 2 heterocycles. The van der Waals surface area contributed by atoms with Crippen LogP contribution in [0.3, 0.4) is 0 Å². The summed E-state index contributed by atoms with van der Waals surface area (Å²) < 4.78 is 18.3. The second-order valence-corrected chi connectivity index (χ2v) is 8.87. The first-order chi connectivity index (χ1) is 16.1. The quantitative estimate of drug-likeness (QED) is 0.511. The summed E-state index contributed by atoms with van der Waals surface area (Å²) in [5, 5.41) is 0.746. The zero-order valence-electron chi connectivity index (χ0n) is 19.0. The minimum Gasteiger partial charge on any atom is -0.481 e. The molecule has 1 N–H and O–H groups in total. The number of rotatable bonds is 9. The minimum absolute atomic E-state index is 0.0856. The molecule has 9 nitrogen and oxygen atoms in total. The van der Waals surface area contributed by atoms with E-state index >= 15 is 0 Å². The Kier molecular flexibility index (Phi) is 8.57. The lowest BCUT2D eigenvalue weighted by Crippen LogP contribution is -2.34. The summed E-state index contributed by atoms with van der Waals surface area (Å²) in [5.41, 5.74) is -0.639. The number of Topliss-reactive ketones (excluding diaryl/α,β-unsaturated/α-hetero) is 1. The van der Waals surface area contributed by atoms with Crippen LogP contribution in [0.5, 0.6) is 5.75 Å². The Bertz CT molecular complexity index is 1180. The predicted octanol–water partition coefficient (Wildman–Crippen LogP) is 3.44. The highest BCUT2D eigenvalue weighted by molar-refractivity contribution is 6.35. The molecule has 0 aliphatic carbocycles. The molecular weight excluding hydrogens is 487 g/mol. The van der Waals surface area contributed by atoms with E-state index in [1.54, 1.807) is 26.0 Å². The number of aryl methyl sites for hydroxylation is 1. The molecule has 11 heteroatoms. The van der Waals surface area contributed by atoms with Crippen LogP contribution >= 0.6 is 23.2 Å². The fraction of sp³-hybridized carbons (Fsp3) is 0.478. The number of benzene rings is 1. The third-order valence-electron chi connectivity index (χ3n) is 5.56. The summed E-state index contributed by atoms with van der Waals surface area (Å²) in [6, 6.07) is 4.72. The molecule has 34 heavy (non-hydrogen) atoms. The maximum atomic E-state index is 12.7. The van der Waals surface area contributed by atoms with E-state index in [2.05, 4.69) is 4.98 Å². The topological polar surface area (TPSA) is 117 Å². The first kappa shape index (κ1) is 26.0. The van der Waals surface area contributed by atoms with E-state index in [-0.39, 0.29) is 25.0 Å². The number of esters is 1. The number of nitrogens with one attached hydrogen (secondary N) is 1. The summed E-state index contributed by atoms with van der Waals surface area (Å²) in [4.78, 5) is 50.8. The number of H-pyrrole nitrogens is 1. The van der Waals surface area contributed by atoms with E-state index in [0.29, 0.717) is 27.8 Å². The standard InChI is InChI=1S/C23H26Cl2N2O7/c1-4-14-11-27(23(31)26-22(14)30)21-10-20(33-13(3)28)19(34-21)8-6-17(29)12(2)32-18-7-5-15(24)9-16(18)25/h5,7,9,11-12,19-21H,4,6,8,10H2,1-3H3,(H,26,30,31)/t12-,19-,20?,21-/m0/s1. The third-order valence-corrected chi connectivity index (χ3v) is 6.09. The number of nitrogens with zero attached hydrogens (tertiary/aromatic N) is 1. The van der Waals surface area contributed by atoms with Crippen LogP contribution in [0.1, 0.15) is 51.8 Å². The van der Waals surface area contributed by atoms with E-state index in [0.717, 1.165) is 0 Å². The Morgan fingerprint density at radius 2 is 2.03 bits per heavy atom. The predicted molar refractivity (Wildman–Crippen MR) is 126 cm³/mol. The van der Waals surface area contributed by atoms with Crippen LogP contribution in [0.25, 0.3) is 0 Å². The molecule has 0 bridgehead atoms. The Balaban J connectivity index is 1.68. The fourth-order valence-electron chi connectivity index (χ4n) is 3.77. The van der Waals surface area contributed by atoms with Gasteiger partial charge in [-0.1, -0.05) is 30.1 Å². The molecular formula is C23H26Cl2N2O7. The van der Waals surface area contributed by atoms with Gasteiger partial charge in [-0.3, -0.25) is 23.9 Å². The Labute approximate surface area is 205 Å². The average Bonchev–Trinajstić information content (AvgIpc) is 3.15. The van der Waals surface area contributed by atoms with Crippen molar-refractivity contribution >= 4 is 35.0 Å². The van der Waals surface area contributed by atoms with Crippen LogP contribution < -0.4 is 16.0 Å². The van der Waals surface area contributed by atoms with Crippen molar-refractivity contribution in [1.29, 1.82) is 0 Å². The molecule has 0 radical (unpaired) electrons. The van der Waals surface area contributed by atoms with Crippen molar-refractivity contribution in [3.63, 3.8) is 0 Å². The lowest BCUT2D eigenvalue weighted by atomic mass is 10.0. The number of ether oxygens (including phenoxy) is 3. The maximum Gasteiger partial charge on any atom is 0.330 e. The van der Waals surface area contributed by atoms with Crippen molar-refractivity contribution in [2.45, 2.75) is 71.0 Å². The van der Waals surface area contributed by atoms with Crippen molar-refractivity contribution in [2.75, 3.05) is 0 Å². The molecule has 184 valence electrons.